The van der Waals surface area contributed by atoms with Gasteiger partial charge in [-0.25, -0.2) is 9.37 Å². The maximum absolute atomic E-state index is 13.2. The highest BCUT2D eigenvalue weighted by Gasteiger charge is 2.13. The van der Waals surface area contributed by atoms with Gasteiger partial charge in [-0.15, -0.1) is 0 Å². The molecule has 134 valence electrons. The summed E-state index contributed by atoms with van der Waals surface area (Å²) in [6.07, 6.45) is 0. The van der Waals surface area contributed by atoms with Crippen molar-refractivity contribution in [3.63, 3.8) is 0 Å². The van der Waals surface area contributed by atoms with Crippen molar-refractivity contribution in [3.8, 4) is 11.5 Å². The van der Waals surface area contributed by atoms with Crippen LogP contribution in [0.4, 0.5) is 10.1 Å². The van der Waals surface area contributed by atoms with Gasteiger partial charge in [-0.05, 0) is 54.6 Å². The minimum absolute atomic E-state index is 0.240. The van der Waals surface area contributed by atoms with E-state index in [0.29, 0.717) is 38.3 Å². The average molecular weight is 401 g/mol. The number of fused-ring (bicyclic) bond motifs is 1. The molecular weight excluding hydrogens is 390 g/mol. The first-order valence-corrected chi connectivity index (χ1v) is 8.68. The van der Waals surface area contributed by atoms with Crippen LogP contribution < -0.4 is 5.32 Å². The molecule has 4 rings (SSSR count). The Morgan fingerprint density at radius 1 is 1.04 bits per heavy atom. The quantitative estimate of drug-likeness (QED) is 0.445. The fourth-order valence-corrected chi connectivity index (χ4v) is 3.13. The summed E-state index contributed by atoms with van der Waals surface area (Å²) in [6, 6.07) is 15.7. The van der Waals surface area contributed by atoms with Gasteiger partial charge in [0.15, 0.2) is 5.58 Å². The number of halogens is 3. The van der Waals surface area contributed by atoms with Gasteiger partial charge in [-0.1, -0.05) is 29.3 Å². The number of amides is 1. The number of nitrogens with zero attached hydrogens (tertiary/aromatic N) is 1. The number of nitrogens with one attached hydrogen (secondary N) is 1. The van der Waals surface area contributed by atoms with Gasteiger partial charge in [0, 0.05) is 21.8 Å². The van der Waals surface area contributed by atoms with Gasteiger partial charge in [0.2, 0.25) is 5.89 Å². The van der Waals surface area contributed by atoms with Crippen LogP contribution >= 0.6 is 23.2 Å². The highest BCUT2D eigenvalue weighted by molar-refractivity contribution is 6.38. The average Bonchev–Trinajstić information content (AvgIpc) is 3.06. The van der Waals surface area contributed by atoms with Gasteiger partial charge in [-0.3, -0.25) is 4.79 Å². The van der Waals surface area contributed by atoms with Crippen LogP contribution in [0.5, 0.6) is 0 Å². The number of carbonyl (C=O) groups excluding carboxylic acids is 1. The first-order valence-electron chi connectivity index (χ1n) is 7.92. The van der Waals surface area contributed by atoms with Crippen LogP contribution in [0, 0.1) is 5.82 Å². The fourth-order valence-electron chi connectivity index (χ4n) is 2.61. The van der Waals surface area contributed by atoms with Crippen LogP contribution in [-0.2, 0) is 0 Å². The fraction of sp³-hybridized carbons (Fsp3) is 0. The van der Waals surface area contributed by atoms with Crippen LogP contribution in [0.15, 0.2) is 65.1 Å². The van der Waals surface area contributed by atoms with E-state index in [0.717, 1.165) is 0 Å². The second kappa shape index (κ2) is 7.02. The summed E-state index contributed by atoms with van der Waals surface area (Å²) in [6.45, 7) is 0. The zero-order valence-corrected chi connectivity index (χ0v) is 15.2. The summed E-state index contributed by atoms with van der Waals surface area (Å²) in [7, 11) is 0. The lowest BCUT2D eigenvalue weighted by Crippen LogP contribution is -2.11. The predicted molar refractivity (Wildman–Crippen MR) is 104 cm³/mol. The van der Waals surface area contributed by atoms with Crippen molar-refractivity contribution in [2.45, 2.75) is 0 Å². The van der Waals surface area contributed by atoms with Crippen molar-refractivity contribution in [2.75, 3.05) is 5.32 Å². The first kappa shape index (κ1) is 17.5. The lowest BCUT2D eigenvalue weighted by Gasteiger charge is -2.06. The maximum atomic E-state index is 13.2. The zero-order chi connectivity index (χ0) is 19.0. The minimum Gasteiger partial charge on any atom is -0.435 e. The summed E-state index contributed by atoms with van der Waals surface area (Å²) in [5, 5.41) is 3.57. The number of carbonyl (C=O) groups is 1. The van der Waals surface area contributed by atoms with E-state index in [1.54, 1.807) is 42.5 Å². The van der Waals surface area contributed by atoms with E-state index in [2.05, 4.69) is 10.3 Å². The molecule has 0 radical (unpaired) electrons. The van der Waals surface area contributed by atoms with Crippen LogP contribution in [0.2, 0.25) is 10.0 Å². The molecule has 1 amide bonds. The third-order valence-electron chi connectivity index (χ3n) is 3.89. The third-order valence-corrected chi connectivity index (χ3v) is 4.39. The Balaban J connectivity index is 1.57. The molecule has 0 atom stereocenters. The van der Waals surface area contributed by atoms with Crippen molar-refractivity contribution in [2.24, 2.45) is 0 Å². The van der Waals surface area contributed by atoms with E-state index < -0.39 is 11.7 Å². The molecule has 1 N–H and O–H groups in total. The second-order valence-electron chi connectivity index (χ2n) is 5.80. The molecule has 0 spiro atoms. The summed E-state index contributed by atoms with van der Waals surface area (Å²) in [4.78, 5) is 16.6. The number of oxazole rings is 1. The van der Waals surface area contributed by atoms with E-state index in [-0.39, 0.29) is 5.56 Å². The molecule has 0 aliphatic carbocycles. The number of hydrogen-bond donors (Lipinski definition) is 1. The molecule has 0 saturated heterocycles. The first-order chi connectivity index (χ1) is 13.0. The lowest BCUT2D eigenvalue weighted by atomic mass is 10.2. The molecule has 27 heavy (non-hydrogen) atoms. The van der Waals surface area contributed by atoms with Gasteiger partial charge >= 0.3 is 0 Å². The molecule has 0 bridgehead atoms. The van der Waals surface area contributed by atoms with E-state index in [9.17, 15) is 9.18 Å². The summed E-state index contributed by atoms with van der Waals surface area (Å²) < 4.78 is 18.9. The van der Waals surface area contributed by atoms with Gasteiger partial charge in [0.05, 0.1) is 5.02 Å². The van der Waals surface area contributed by atoms with Crippen molar-refractivity contribution >= 4 is 45.9 Å². The Morgan fingerprint density at radius 2 is 1.81 bits per heavy atom. The highest BCUT2D eigenvalue weighted by atomic mass is 35.5. The molecule has 7 heteroatoms. The number of rotatable bonds is 3. The largest absolute Gasteiger partial charge is 0.435 e. The lowest BCUT2D eigenvalue weighted by molar-refractivity contribution is 0.102. The molecule has 0 fully saturated rings. The Bertz CT molecular complexity index is 1160. The second-order valence-corrected chi connectivity index (χ2v) is 6.64. The molecule has 1 aromatic heterocycles. The third kappa shape index (κ3) is 3.65. The van der Waals surface area contributed by atoms with Crippen molar-refractivity contribution in [1.82, 2.24) is 4.98 Å². The van der Waals surface area contributed by atoms with E-state index >= 15 is 0 Å². The van der Waals surface area contributed by atoms with Crippen LogP contribution in [0.1, 0.15) is 10.4 Å². The summed E-state index contributed by atoms with van der Waals surface area (Å²) >= 11 is 12.1. The minimum atomic E-state index is -0.465. The molecule has 1 heterocycles. The molecule has 0 unspecified atom stereocenters. The SMILES string of the molecule is O=C(Nc1ccc(-c2nc3cc(Cl)cc(Cl)c3o2)cc1)c1cccc(F)c1. The molecule has 0 saturated carbocycles. The van der Waals surface area contributed by atoms with Gasteiger partial charge in [0.25, 0.3) is 5.91 Å². The van der Waals surface area contributed by atoms with E-state index in [1.165, 1.54) is 18.2 Å². The van der Waals surface area contributed by atoms with Crippen molar-refractivity contribution in [3.05, 3.63) is 82.1 Å². The Morgan fingerprint density at radius 3 is 2.56 bits per heavy atom. The Labute approximate surface area is 163 Å². The molecule has 4 nitrogen and oxygen atoms in total. The van der Waals surface area contributed by atoms with Gasteiger partial charge in [-0.2, -0.15) is 0 Å². The van der Waals surface area contributed by atoms with Crippen LogP contribution in [0.3, 0.4) is 0 Å². The monoisotopic (exact) mass is 400 g/mol. The Kier molecular flexibility index (Phi) is 4.56. The Hall–Kier alpha value is -2.89. The zero-order valence-electron chi connectivity index (χ0n) is 13.7. The van der Waals surface area contributed by atoms with Crippen LogP contribution in [-0.4, -0.2) is 10.9 Å². The molecule has 0 aliphatic heterocycles. The van der Waals surface area contributed by atoms with E-state index in [4.69, 9.17) is 27.6 Å². The van der Waals surface area contributed by atoms with Crippen molar-refractivity contribution < 1.29 is 13.6 Å². The van der Waals surface area contributed by atoms with Gasteiger partial charge in [0.1, 0.15) is 11.3 Å². The molecule has 4 aromatic rings. The standard InChI is InChI=1S/C20H11Cl2FN2O2/c21-13-9-16(22)18-17(10-13)25-20(27-18)11-4-6-15(7-5-11)24-19(26)12-2-1-3-14(23)8-12/h1-10H,(H,24,26). The number of benzene rings is 3. The topological polar surface area (TPSA) is 55.1 Å². The number of hydrogen-bond acceptors (Lipinski definition) is 3. The molecular formula is C20H11Cl2FN2O2. The maximum Gasteiger partial charge on any atom is 0.255 e. The van der Waals surface area contributed by atoms with Crippen LogP contribution in [0.25, 0.3) is 22.6 Å². The highest BCUT2D eigenvalue weighted by Crippen LogP contribution is 2.32. The number of anilines is 1. The normalized spacial score (nSPS) is 10.9. The van der Waals surface area contributed by atoms with Gasteiger partial charge < -0.3 is 9.73 Å². The molecule has 0 aliphatic rings. The van der Waals surface area contributed by atoms with E-state index in [1.807, 2.05) is 0 Å². The smallest absolute Gasteiger partial charge is 0.255 e. The summed E-state index contributed by atoms with van der Waals surface area (Å²) in [5.74, 6) is -0.476. The number of aromatic nitrogens is 1. The van der Waals surface area contributed by atoms with Crippen molar-refractivity contribution in [1.29, 1.82) is 0 Å². The summed E-state index contributed by atoms with van der Waals surface area (Å²) in [5.41, 5.74) is 2.53. The molecule has 3 aromatic carbocycles. The predicted octanol–water partition coefficient (Wildman–Crippen LogP) is 6.19.